The van der Waals surface area contributed by atoms with Crippen molar-refractivity contribution in [1.29, 1.82) is 0 Å². The van der Waals surface area contributed by atoms with Gasteiger partial charge in [0, 0.05) is 23.2 Å². The highest BCUT2D eigenvalue weighted by molar-refractivity contribution is 6.62. The fraction of sp³-hybridized carbons (Fsp3) is 0.222. The van der Waals surface area contributed by atoms with E-state index < -0.39 is 52.9 Å². The Hall–Kier alpha value is -3.31. The summed E-state index contributed by atoms with van der Waals surface area (Å²) in [6.07, 6.45) is 2.59. The van der Waals surface area contributed by atoms with Gasteiger partial charge in [-0.1, -0.05) is 29.3 Å². The first-order valence-corrected chi connectivity index (χ1v) is 12.6. The molecule has 0 spiro atoms. The molecule has 1 aliphatic rings. The average molecular weight is 572 g/mol. The van der Waals surface area contributed by atoms with Gasteiger partial charge in [0.05, 0.1) is 43.6 Å². The number of nitrogens with zero attached hydrogens (tertiary/aromatic N) is 2. The Morgan fingerprint density at radius 2 is 1.62 bits per heavy atom. The summed E-state index contributed by atoms with van der Waals surface area (Å²) in [4.78, 5) is 31.6. The van der Waals surface area contributed by atoms with Crippen LogP contribution in [0.15, 0.2) is 48.8 Å². The monoisotopic (exact) mass is 571 g/mol. The van der Waals surface area contributed by atoms with Crippen molar-refractivity contribution in [3.63, 3.8) is 0 Å². The smallest absolute Gasteiger partial charge is 0.399 e. The van der Waals surface area contributed by atoms with Gasteiger partial charge in [-0.3, -0.25) is 14.2 Å². The van der Waals surface area contributed by atoms with E-state index in [1.54, 1.807) is 6.07 Å². The number of hydrogen-bond acceptors (Lipinski definition) is 6. The lowest BCUT2D eigenvalue weighted by molar-refractivity contribution is 0.00578. The van der Waals surface area contributed by atoms with Crippen molar-refractivity contribution >= 4 is 64.2 Å². The number of aromatic nitrogens is 2. The zero-order chi connectivity index (χ0) is 28.4. The maximum atomic E-state index is 14.9. The van der Waals surface area contributed by atoms with Crippen LogP contribution in [0.3, 0.4) is 0 Å². The molecule has 0 amide bonds. The Morgan fingerprint density at radius 1 is 1.00 bits per heavy atom. The van der Waals surface area contributed by atoms with Gasteiger partial charge >= 0.3 is 7.12 Å². The van der Waals surface area contributed by atoms with Crippen LogP contribution in [0.25, 0.3) is 11.0 Å². The van der Waals surface area contributed by atoms with Gasteiger partial charge in [-0.05, 0) is 58.0 Å². The maximum absolute atomic E-state index is 14.9. The van der Waals surface area contributed by atoms with Gasteiger partial charge in [0.1, 0.15) is 11.5 Å². The molecule has 7 nitrogen and oxygen atoms in total. The van der Waals surface area contributed by atoms with Crippen molar-refractivity contribution in [1.82, 2.24) is 9.55 Å². The second kappa shape index (κ2) is 9.41. The van der Waals surface area contributed by atoms with E-state index in [1.165, 1.54) is 24.4 Å². The van der Waals surface area contributed by atoms with E-state index in [9.17, 15) is 18.4 Å². The van der Waals surface area contributed by atoms with Crippen LogP contribution in [0.2, 0.25) is 10.0 Å². The largest absolute Gasteiger partial charge is 0.496 e. The average Bonchev–Trinajstić information content (AvgIpc) is 3.34. The van der Waals surface area contributed by atoms with Gasteiger partial charge in [-0.25, -0.2) is 13.8 Å². The van der Waals surface area contributed by atoms with Crippen molar-refractivity contribution < 1.29 is 27.7 Å². The Bertz CT molecular complexity index is 1650. The molecule has 200 valence electrons. The second-order valence-corrected chi connectivity index (χ2v) is 11.0. The number of nitrogens with two attached hydrogens (primary N) is 1. The van der Waals surface area contributed by atoms with Crippen molar-refractivity contribution in [3.05, 3.63) is 87.2 Å². The van der Waals surface area contributed by atoms with Crippen molar-refractivity contribution in [2.24, 2.45) is 0 Å². The summed E-state index contributed by atoms with van der Waals surface area (Å²) in [6, 6.07) is 8.00. The molecule has 2 N–H and O–H groups in total. The Kier molecular flexibility index (Phi) is 6.58. The van der Waals surface area contributed by atoms with Gasteiger partial charge in [0.25, 0.3) is 5.91 Å². The number of anilines is 1. The summed E-state index contributed by atoms with van der Waals surface area (Å²) < 4.78 is 42.9. The highest BCUT2D eigenvalue weighted by Gasteiger charge is 2.52. The van der Waals surface area contributed by atoms with E-state index in [1.807, 2.05) is 27.7 Å². The third-order valence-corrected chi connectivity index (χ3v) is 7.81. The summed E-state index contributed by atoms with van der Waals surface area (Å²) in [5, 5.41) is 0.276. The van der Waals surface area contributed by atoms with Crippen LogP contribution in [0.5, 0.6) is 0 Å². The van der Waals surface area contributed by atoms with Crippen LogP contribution in [0.4, 0.5) is 14.5 Å². The first kappa shape index (κ1) is 27.3. The van der Waals surface area contributed by atoms with E-state index in [4.69, 9.17) is 38.2 Å². The van der Waals surface area contributed by atoms with Gasteiger partial charge in [-0.2, -0.15) is 0 Å². The van der Waals surface area contributed by atoms with Crippen LogP contribution < -0.4 is 11.2 Å². The molecule has 4 aromatic rings. The van der Waals surface area contributed by atoms with Crippen molar-refractivity contribution in [3.8, 4) is 0 Å². The molecule has 0 saturated carbocycles. The number of nitrogen functional groups attached to an aromatic ring is 1. The van der Waals surface area contributed by atoms with E-state index in [2.05, 4.69) is 4.98 Å². The Labute approximate surface area is 232 Å². The minimum Gasteiger partial charge on any atom is -0.399 e. The zero-order valence-electron chi connectivity index (χ0n) is 21.3. The summed E-state index contributed by atoms with van der Waals surface area (Å²) in [5.74, 6) is -4.05. The predicted molar refractivity (Wildman–Crippen MR) is 146 cm³/mol. The fourth-order valence-corrected chi connectivity index (χ4v) is 4.86. The van der Waals surface area contributed by atoms with Crippen molar-refractivity contribution in [2.45, 2.75) is 38.9 Å². The number of ketones is 1. The number of benzene rings is 2. The molecule has 12 heteroatoms. The number of halogens is 4. The number of rotatable bonds is 4. The first-order valence-electron chi connectivity index (χ1n) is 11.9. The molecule has 0 bridgehead atoms. The van der Waals surface area contributed by atoms with Gasteiger partial charge < -0.3 is 15.0 Å². The number of carbonyl (C=O) groups excluding carboxylic acids is 2. The fourth-order valence-electron chi connectivity index (χ4n) is 4.30. The van der Waals surface area contributed by atoms with Gasteiger partial charge in [-0.15, -0.1) is 0 Å². The van der Waals surface area contributed by atoms with Crippen LogP contribution in [-0.4, -0.2) is 39.6 Å². The van der Waals surface area contributed by atoms with Crippen LogP contribution in [-0.2, 0) is 9.31 Å². The third kappa shape index (κ3) is 4.41. The summed E-state index contributed by atoms with van der Waals surface area (Å²) in [6.45, 7) is 7.51. The SMILES string of the molecule is CC1(C)OB(c2cnc3c(c2)c(C(=O)c2c(F)ccc(N)c2F)cn3C(=O)c2c(Cl)cccc2Cl)OC1(C)C. The van der Waals surface area contributed by atoms with Crippen LogP contribution in [0, 0.1) is 11.6 Å². The number of carbonyl (C=O) groups is 2. The number of fused-ring (bicyclic) bond motifs is 1. The molecule has 1 aliphatic heterocycles. The lowest BCUT2D eigenvalue weighted by Gasteiger charge is -2.32. The van der Waals surface area contributed by atoms with E-state index >= 15 is 0 Å². The maximum Gasteiger partial charge on any atom is 0.496 e. The van der Waals surface area contributed by atoms with Crippen LogP contribution >= 0.6 is 23.2 Å². The third-order valence-electron chi connectivity index (χ3n) is 7.18. The second-order valence-electron chi connectivity index (χ2n) is 10.2. The highest BCUT2D eigenvalue weighted by Crippen LogP contribution is 2.37. The van der Waals surface area contributed by atoms with E-state index in [0.717, 1.165) is 22.9 Å². The molecule has 1 saturated heterocycles. The molecule has 0 atom stereocenters. The summed E-state index contributed by atoms with van der Waals surface area (Å²) >= 11 is 12.5. The van der Waals surface area contributed by atoms with E-state index in [0.29, 0.717) is 5.46 Å². The molecule has 0 unspecified atom stereocenters. The molecule has 5 rings (SSSR count). The molecule has 0 radical (unpaired) electrons. The lowest BCUT2D eigenvalue weighted by atomic mass is 9.79. The van der Waals surface area contributed by atoms with Gasteiger partial charge in [0.2, 0.25) is 5.78 Å². The number of pyridine rings is 1. The molecule has 2 aromatic heterocycles. The Balaban J connectivity index is 1.73. The van der Waals surface area contributed by atoms with E-state index in [-0.39, 0.29) is 32.2 Å². The topological polar surface area (TPSA) is 96.4 Å². The molecule has 0 aliphatic carbocycles. The predicted octanol–water partition coefficient (Wildman–Crippen LogP) is 5.42. The molecule has 1 fully saturated rings. The molecule has 2 aromatic carbocycles. The standard InChI is InChI=1S/C27H22BCl2F2N3O4/c1-26(2)27(3,4)39-28(38-26)13-10-14-15(23(36)21-18(31)8-9-19(33)22(21)32)12-35(24(14)34-11-13)25(37)20-16(29)6-5-7-17(20)30/h5-12H,33H2,1-4H3. The van der Waals surface area contributed by atoms with Crippen molar-refractivity contribution in [2.75, 3.05) is 5.73 Å². The molecule has 39 heavy (non-hydrogen) atoms. The molecule has 3 heterocycles. The molecular formula is C27H22BCl2F2N3O4. The normalized spacial score (nSPS) is 16.2. The minimum atomic E-state index is -1.21. The lowest BCUT2D eigenvalue weighted by Crippen LogP contribution is -2.41. The Morgan fingerprint density at radius 3 is 2.23 bits per heavy atom. The van der Waals surface area contributed by atoms with Gasteiger partial charge in [0.15, 0.2) is 5.82 Å². The number of hydrogen-bond donors (Lipinski definition) is 1. The zero-order valence-corrected chi connectivity index (χ0v) is 22.8. The molecular weight excluding hydrogens is 550 g/mol. The first-order chi connectivity index (χ1) is 18.2. The van der Waals surface area contributed by atoms with Crippen LogP contribution in [0.1, 0.15) is 54.0 Å². The summed E-state index contributed by atoms with van der Waals surface area (Å²) in [7, 11) is -0.854. The summed E-state index contributed by atoms with van der Waals surface area (Å²) in [5.41, 5.74) is 3.25. The quantitative estimate of drug-likeness (QED) is 0.199. The minimum absolute atomic E-state index is 0.0318. The highest BCUT2D eigenvalue weighted by atomic mass is 35.5.